The van der Waals surface area contributed by atoms with Gasteiger partial charge in [0.1, 0.15) is 5.75 Å². The van der Waals surface area contributed by atoms with Crippen LogP contribution in [0.1, 0.15) is 20.3 Å². The lowest BCUT2D eigenvalue weighted by Gasteiger charge is -2.12. The highest BCUT2D eigenvalue weighted by atomic mass is 32.2. The van der Waals surface area contributed by atoms with Crippen molar-refractivity contribution >= 4 is 15.9 Å². The Labute approximate surface area is 113 Å². The number of nitrogens with two attached hydrogens (primary N) is 1. The molecule has 106 valence electrons. The molecule has 0 aliphatic carbocycles. The van der Waals surface area contributed by atoms with Gasteiger partial charge >= 0.3 is 0 Å². The molecule has 1 atom stereocenters. The molecule has 1 aromatic rings. The first-order chi connectivity index (χ1) is 8.82. The van der Waals surface area contributed by atoms with Gasteiger partial charge in [0.2, 0.25) is 10.0 Å². The molecule has 0 bridgehead atoms. The molecule has 0 saturated heterocycles. The molecule has 19 heavy (non-hydrogen) atoms. The maximum Gasteiger partial charge on any atom is 0.258 e. The monoisotopic (exact) mass is 286 g/mol. The van der Waals surface area contributed by atoms with E-state index in [9.17, 15) is 13.2 Å². The standard InChI is InChI=1S/C12H18N2O4S/c1-3-9(2)14-12(15)8-18-10-4-6-11(7-5-10)19(13,16)17/h4-7,9H,3,8H2,1-2H3,(H,14,15)(H2,13,16,17). The maximum absolute atomic E-state index is 11.5. The number of rotatable bonds is 6. The summed E-state index contributed by atoms with van der Waals surface area (Å²) in [6.07, 6.45) is 0.842. The number of hydrogen-bond acceptors (Lipinski definition) is 4. The molecule has 1 unspecified atom stereocenters. The number of nitrogens with one attached hydrogen (secondary N) is 1. The molecule has 1 amide bonds. The number of hydrogen-bond donors (Lipinski definition) is 2. The normalized spacial score (nSPS) is 12.8. The summed E-state index contributed by atoms with van der Waals surface area (Å²) < 4.78 is 27.3. The minimum atomic E-state index is -3.70. The Kier molecular flexibility index (Phi) is 5.31. The minimum absolute atomic E-state index is 0.00362. The summed E-state index contributed by atoms with van der Waals surface area (Å²) in [6, 6.07) is 5.67. The van der Waals surface area contributed by atoms with E-state index in [1.54, 1.807) is 0 Å². The fraction of sp³-hybridized carbons (Fsp3) is 0.417. The van der Waals surface area contributed by atoms with Crippen LogP contribution in [0.4, 0.5) is 0 Å². The van der Waals surface area contributed by atoms with Crippen LogP contribution in [0.15, 0.2) is 29.2 Å². The van der Waals surface area contributed by atoms with E-state index in [-0.39, 0.29) is 23.5 Å². The van der Waals surface area contributed by atoms with Crippen LogP contribution in [0.25, 0.3) is 0 Å². The average molecular weight is 286 g/mol. The Hall–Kier alpha value is -1.60. The van der Waals surface area contributed by atoms with E-state index in [1.807, 2.05) is 13.8 Å². The van der Waals surface area contributed by atoms with Crippen molar-refractivity contribution in [2.45, 2.75) is 31.2 Å². The lowest BCUT2D eigenvalue weighted by atomic mass is 10.2. The lowest BCUT2D eigenvalue weighted by molar-refractivity contribution is -0.123. The van der Waals surface area contributed by atoms with E-state index in [1.165, 1.54) is 24.3 Å². The first-order valence-electron chi connectivity index (χ1n) is 5.88. The molecule has 1 aromatic carbocycles. The number of benzene rings is 1. The Morgan fingerprint density at radius 1 is 1.37 bits per heavy atom. The second-order valence-corrected chi connectivity index (χ2v) is 5.74. The van der Waals surface area contributed by atoms with Gasteiger partial charge in [-0.05, 0) is 37.6 Å². The van der Waals surface area contributed by atoms with E-state index in [2.05, 4.69) is 5.32 Å². The molecular formula is C12H18N2O4S. The van der Waals surface area contributed by atoms with Crippen LogP contribution >= 0.6 is 0 Å². The van der Waals surface area contributed by atoms with Crippen molar-refractivity contribution in [1.82, 2.24) is 5.32 Å². The zero-order valence-corrected chi connectivity index (χ0v) is 11.7. The van der Waals surface area contributed by atoms with E-state index >= 15 is 0 Å². The van der Waals surface area contributed by atoms with Crippen molar-refractivity contribution in [2.24, 2.45) is 5.14 Å². The summed E-state index contributed by atoms with van der Waals surface area (Å²) in [4.78, 5) is 11.5. The second kappa shape index (κ2) is 6.53. The quantitative estimate of drug-likeness (QED) is 0.801. The predicted molar refractivity (Wildman–Crippen MR) is 71.2 cm³/mol. The summed E-state index contributed by atoms with van der Waals surface area (Å²) in [5, 5.41) is 7.72. The third-order valence-electron chi connectivity index (χ3n) is 2.54. The van der Waals surface area contributed by atoms with Crippen LogP contribution < -0.4 is 15.2 Å². The van der Waals surface area contributed by atoms with E-state index in [0.717, 1.165) is 6.42 Å². The number of primary sulfonamides is 1. The van der Waals surface area contributed by atoms with Gasteiger partial charge in [0.15, 0.2) is 6.61 Å². The van der Waals surface area contributed by atoms with Crippen molar-refractivity contribution in [1.29, 1.82) is 0 Å². The van der Waals surface area contributed by atoms with Crippen molar-refractivity contribution in [2.75, 3.05) is 6.61 Å². The van der Waals surface area contributed by atoms with Gasteiger partial charge < -0.3 is 10.1 Å². The van der Waals surface area contributed by atoms with Gasteiger partial charge in [-0.2, -0.15) is 0 Å². The minimum Gasteiger partial charge on any atom is -0.484 e. The van der Waals surface area contributed by atoms with E-state index < -0.39 is 10.0 Å². The van der Waals surface area contributed by atoms with Crippen molar-refractivity contribution in [3.8, 4) is 5.75 Å². The average Bonchev–Trinajstić information content (AvgIpc) is 2.35. The zero-order chi connectivity index (χ0) is 14.5. The summed E-state index contributed by atoms with van der Waals surface area (Å²) in [6.45, 7) is 3.76. The molecule has 0 saturated carbocycles. The van der Waals surface area contributed by atoms with Gasteiger partial charge in [-0.25, -0.2) is 13.6 Å². The highest BCUT2D eigenvalue weighted by Gasteiger charge is 2.09. The van der Waals surface area contributed by atoms with Gasteiger partial charge in [-0.15, -0.1) is 0 Å². The van der Waals surface area contributed by atoms with E-state index in [0.29, 0.717) is 5.75 Å². The van der Waals surface area contributed by atoms with E-state index in [4.69, 9.17) is 9.88 Å². The van der Waals surface area contributed by atoms with Gasteiger partial charge in [-0.1, -0.05) is 6.92 Å². The van der Waals surface area contributed by atoms with Gasteiger partial charge in [0, 0.05) is 6.04 Å². The van der Waals surface area contributed by atoms with Gasteiger partial charge in [0.05, 0.1) is 4.90 Å². The molecule has 7 heteroatoms. The molecule has 0 heterocycles. The number of carbonyl (C=O) groups is 1. The summed E-state index contributed by atoms with van der Waals surface area (Å²) in [5.41, 5.74) is 0. The zero-order valence-electron chi connectivity index (χ0n) is 10.9. The molecular weight excluding hydrogens is 268 g/mol. The Bertz CT molecular complexity index is 525. The van der Waals surface area contributed by atoms with Crippen LogP contribution in [0.3, 0.4) is 0 Å². The predicted octanol–water partition coefficient (Wildman–Crippen LogP) is 0.628. The van der Waals surface area contributed by atoms with Crippen LogP contribution in [-0.4, -0.2) is 27.0 Å². The van der Waals surface area contributed by atoms with Crippen molar-refractivity contribution in [3.63, 3.8) is 0 Å². The molecule has 1 rings (SSSR count). The van der Waals surface area contributed by atoms with Crippen LogP contribution in [0.2, 0.25) is 0 Å². The van der Waals surface area contributed by atoms with Crippen LogP contribution in [-0.2, 0) is 14.8 Å². The number of amides is 1. The Morgan fingerprint density at radius 2 is 1.95 bits per heavy atom. The molecule has 0 aromatic heterocycles. The highest BCUT2D eigenvalue weighted by molar-refractivity contribution is 7.89. The molecule has 0 aliphatic heterocycles. The first-order valence-corrected chi connectivity index (χ1v) is 7.42. The molecule has 0 aliphatic rings. The third-order valence-corrected chi connectivity index (χ3v) is 3.47. The SMILES string of the molecule is CCC(C)NC(=O)COc1ccc(S(N)(=O)=O)cc1. The van der Waals surface area contributed by atoms with Gasteiger partial charge in [0.25, 0.3) is 5.91 Å². The number of ether oxygens (including phenoxy) is 1. The summed E-state index contributed by atoms with van der Waals surface area (Å²) in [7, 11) is -3.70. The smallest absolute Gasteiger partial charge is 0.258 e. The second-order valence-electron chi connectivity index (χ2n) is 4.18. The van der Waals surface area contributed by atoms with Crippen LogP contribution in [0.5, 0.6) is 5.75 Å². The van der Waals surface area contributed by atoms with Gasteiger partial charge in [-0.3, -0.25) is 4.79 Å². The first kappa shape index (κ1) is 15.5. The van der Waals surface area contributed by atoms with Crippen molar-refractivity contribution < 1.29 is 17.9 Å². The Morgan fingerprint density at radius 3 is 2.42 bits per heavy atom. The topological polar surface area (TPSA) is 98.5 Å². The number of sulfonamides is 1. The molecule has 0 radical (unpaired) electrons. The fourth-order valence-electron chi connectivity index (χ4n) is 1.29. The number of carbonyl (C=O) groups excluding carboxylic acids is 1. The third kappa shape index (κ3) is 5.27. The molecule has 0 spiro atoms. The molecule has 3 N–H and O–H groups in total. The van der Waals surface area contributed by atoms with Crippen LogP contribution in [0, 0.1) is 0 Å². The van der Waals surface area contributed by atoms with Crippen molar-refractivity contribution in [3.05, 3.63) is 24.3 Å². The largest absolute Gasteiger partial charge is 0.484 e. The summed E-state index contributed by atoms with van der Waals surface area (Å²) >= 11 is 0. The molecule has 6 nitrogen and oxygen atoms in total. The lowest BCUT2D eigenvalue weighted by Crippen LogP contribution is -2.35. The Balaban J connectivity index is 2.53. The highest BCUT2D eigenvalue weighted by Crippen LogP contribution is 2.14. The summed E-state index contributed by atoms with van der Waals surface area (Å²) in [5.74, 6) is 0.191. The maximum atomic E-state index is 11.5. The molecule has 0 fully saturated rings. The fourth-order valence-corrected chi connectivity index (χ4v) is 1.81.